The van der Waals surface area contributed by atoms with E-state index in [9.17, 15) is 37.5 Å². The number of aryl methyl sites for hydroxylation is 2. The van der Waals surface area contributed by atoms with Crippen LogP contribution in [0.3, 0.4) is 0 Å². The maximum Gasteiger partial charge on any atom is 0.416 e. The highest BCUT2D eigenvalue weighted by Gasteiger charge is 2.32. The Morgan fingerprint density at radius 3 is 2.35 bits per heavy atom. The summed E-state index contributed by atoms with van der Waals surface area (Å²) in [5.74, 6) is -1.81. The predicted molar refractivity (Wildman–Crippen MR) is 169 cm³/mol. The van der Waals surface area contributed by atoms with Crippen molar-refractivity contribution in [2.75, 3.05) is 41.7 Å². The largest absolute Gasteiger partial charge is 0.504 e. The summed E-state index contributed by atoms with van der Waals surface area (Å²) in [6.45, 7) is 6.45. The fourth-order valence-electron chi connectivity index (χ4n) is 5.55. The number of benzene rings is 1. The zero-order chi connectivity index (χ0) is 34.9. The topological polar surface area (TPSA) is 176 Å². The third kappa shape index (κ3) is 6.74. The van der Waals surface area contributed by atoms with Crippen LogP contribution in [0, 0.1) is 13.8 Å². The molecular weight excluding hydrogens is 635 g/mol. The van der Waals surface area contributed by atoms with Gasteiger partial charge in [0.15, 0.2) is 28.4 Å². The standard InChI is InChI=1S/C31H32F3N9O5/c1-5-21-26(41-8-10-42(11-9-41)30(48)25-27(46)17(3)36-15-37-25)28(47)24-29(35-13-22(40-24)38-18(4)44)43(21)14-23(45)39-20-7-6-19(12-16(20)2)31(32,33)34/h6-7,12-13,15,46H,5,8-11,14H2,1-4H3,(H,39,45)(H,38,40,44). The van der Waals surface area contributed by atoms with Gasteiger partial charge in [0.1, 0.15) is 18.6 Å². The molecule has 1 aromatic carbocycles. The number of carbonyl (C=O) groups excluding carboxylic acids is 3. The highest BCUT2D eigenvalue weighted by atomic mass is 19.4. The fourth-order valence-corrected chi connectivity index (χ4v) is 5.55. The van der Waals surface area contributed by atoms with Gasteiger partial charge in [0.2, 0.25) is 17.2 Å². The summed E-state index contributed by atoms with van der Waals surface area (Å²) in [6.07, 6.45) is -1.82. The molecule has 0 bridgehead atoms. The third-order valence-corrected chi connectivity index (χ3v) is 7.90. The molecule has 4 aromatic rings. The van der Waals surface area contributed by atoms with Crippen molar-refractivity contribution in [3.8, 4) is 5.75 Å². The second kappa shape index (κ2) is 13.2. The average Bonchev–Trinajstić information content (AvgIpc) is 3.03. The molecule has 252 valence electrons. The van der Waals surface area contributed by atoms with Crippen molar-refractivity contribution >= 4 is 46.1 Å². The van der Waals surface area contributed by atoms with E-state index >= 15 is 0 Å². The Kier molecular flexibility index (Phi) is 9.31. The molecule has 17 heteroatoms. The molecule has 1 saturated heterocycles. The molecule has 0 atom stereocenters. The number of aromatic nitrogens is 5. The van der Waals surface area contributed by atoms with Crippen molar-refractivity contribution in [1.82, 2.24) is 29.4 Å². The van der Waals surface area contributed by atoms with Gasteiger partial charge in [0.25, 0.3) is 5.91 Å². The Balaban J connectivity index is 1.50. The zero-order valence-electron chi connectivity index (χ0n) is 26.5. The lowest BCUT2D eigenvalue weighted by atomic mass is 10.1. The van der Waals surface area contributed by atoms with Crippen LogP contribution in [0.25, 0.3) is 11.2 Å². The summed E-state index contributed by atoms with van der Waals surface area (Å²) in [7, 11) is 0. The molecule has 14 nitrogen and oxygen atoms in total. The summed E-state index contributed by atoms with van der Waals surface area (Å²) < 4.78 is 41.1. The Morgan fingerprint density at radius 2 is 1.73 bits per heavy atom. The van der Waals surface area contributed by atoms with Gasteiger partial charge in [-0.05, 0) is 44.0 Å². The SMILES string of the molecule is CCc1c(N2CCN(C(=O)c3ncnc(C)c3O)CC2)c(=O)c2nc(NC(C)=O)cnc2n1CC(=O)Nc1ccc(C(F)(F)F)cc1C. The van der Waals surface area contributed by atoms with Crippen LogP contribution in [0.2, 0.25) is 0 Å². The van der Waals surface area contributed by atoms with Gasteiger partial charge in [0, 0.05) is 44.5 Å². The first kappa shape index (κ1) is 33.7. The van der Waals surface area contributed by atoms with Crippen molar-refractivity contribution < 1.29 is 32.7 Å². The number of alkyl halides is 3. The molecule has 0 spiro atoms. The minimum atomic E-state index is -4.54. The third-order valence-electron chi connectivity index (χ3n) is 7.90. The lowest BCUT2D eigenvalue weighted by Crippen LogP contribution is -2.50. The van der Waals surface area contributed by atoms with Gasteiger partial charge >= 0.3 is 6.18 Å². The number of pyridine rings is 1. The lowest BCUT2D eigenvalue weighted by Gasteiger charge is -2.37. The van der Waals surface area contributed by atoms with Crippen LogP contribution in [0.5, 0.6) is 5.75 Å². The van der Waals surface area contributed by atoms with Crippen molar-refractivity contribution in [2.45, 2.75) is 46.8 Å². The molecule has 5 rings (SSSR count). The summed E-state index contributed by atoms with van der Waals surface area (Å²) in [5, 5.41) is 15.5. The zero-order valence-corrected chi connectivity index (χ0v) is 26.5. The first-order valence-electron chi connectivity index (χ1n) is 14.9. The van der Waals surface area contributed by atoms with E-state index in [4.69, 9.17) is 0 Å². The highest BCUT2D eigenvalue weighted by Crippen LogP contribution is 2.32. The van der Waals surface area contributed by atoms with Gasteiger partial charge in [-0.1, -0.05) is 6.92 Å². The van der Waals surface area contributed by atoms with Gasteiger partial charge in [-0.3, -0.25) is 19.2 Å². The number of fused-ring (bicyclic) bond motifs is 1. The molecule has 1 aliphatic rings. The predicted octanol–water partition coefficient (Wildman–Crippen LogP) is 3.04. The van der Waals surface area contributed by atoms with Gasteiger partial charge in [-0.2, -0.15) is 13.2 Å². The van der Waals surface area contributed by atoms with Crippen molar-refractivity contribution in [2.24, 2.45) is 0 Å². The number of aromatic hydroxyl groups is 1. The first-order chi connectivity index (χ1) is 22.7. The molecule has 1 aliphatic heterocycles. The van der Waals surface area contributed by atoms with Crippen LogP contribution < -0.4 is 21.0 Å². The number of halogens is 3. The van der Waals surface area contributed by atoms with Crippen LogP contribution in [0.4, 0.5) is 30.4 Å². The van der Waals surface area contributed by atoms with Gasteiger partial charge in [-0.25, -0.2) is 19.9 Å². The van der Waals surface area contributed by atoms with Gasteiger partial charge in [-0.15, -0.1) is 0 Å². The molecule has 3 amide bonds. The molecule has 3 aromatic heterocycles. The van der Waals surface area contributed by atoms with Crippen LogP contribution in [0.1, 0.15) is 46.9 Å². The summed E-state index contributed by atoms with van der Waals surface area (Å²) in [5.41, 5.74) is -0.216. The number of amides is 3. The molecule has 48 heavy (non-hydrogen) atoms. The molecule has 0 saturated carbocycles. The Bertz CT molecular complexity index is 1990. The molecule has 4 heterocycles. The van der Waals surface area contributed by atoms with Crippen LogP contribution in [-0.4, -0.2) is 78.4 Å². The lowest BCUT2D eigenvalue weighted by molar-refractivity contribution is -0.137. The van der Waals surface area contributed by atoms with Gasteiger partial charge in [0.05, 0.1) is 17.5 Å². The van der Waals surface area contributed by atoms with E-state index in [1.165, 1.54) is 41.9 Å². The second-order valence-corrected chi connectivity index (χ2v) is 11.2. The summed E-state index contributed by atoms with van der Waals surface area (Å²) >= 11 is 0. The summed E-state index contributed by atoms with van der Waals surface area (Å²) in [6, 6.07) is 2.99. The smallest absolute Gasteiger partial charge is 0.416 e. The van der Waals surface area contributed by atoms with E-state index in [-0.39, 0.29) is 90.2 Å². The van der Waals surface area contributed by atoms with Crippen LogP contribution in [-0.2, 0) is 28.7 Å². The highest BCUT2D eigenvalue weighted by molar-refractivity contribution is 5.95. The van der Waals surface area contributed by atoms with E-state index in [2.05, 4.69) is 30.6 Å². The fraction of sp³-hybridized carbons (Fsp3) is 0.355. The van der Waals surface area contributed by atoms with E-state index < -0.39 is 34.9 Å². The minimum Gasteiger partial charge on any atom is -0.504 e. The number of anilines is 3. The maximum absolute atomic E-state index is 14.1. The van der Waals surface area contributed by atoms with E-state index in [0.29, 0.717) is 5.69 Å². The molecule has 0 radical (unpaired) electrons. The molecule has 1 fully saturated rings. The van der Waals surface area contributed by atoms with E-state index in [0.717, 1.165) is 12.1 Å². The van der Waals surface area contributed by atoms with E-state index in [1.807, 2.05) is 0 Å². The van der Waals surface area contributed by atoms with Gasteiger partial charge < -0.3 is 30.1 Å². The molecule has 0 aliphatic carbocycles. The second-order valence-electron chi connectivity index (χ2n) is 11.2. The Morgan fingerprint density at radius 1 is 1.02 bits per heavy atom. The van der Waals surface area contributed by atoms with Crippen LogP contribution >= 0.6 is 0 Å². The average molecular weight is 668 g/mol. The minimum absolute atomic E-state index is 0.0223. The number of hydrogen-bond donors (Lipinski definition) is 3. The first-order valence-corrected chi connectivity index (χ1v) is 14.9. The Labute approximate surface area is 271 Å². The van der Waals surface area contributed by atoms with Crippen molar-refractivity contribution in [1.29, 1.82) is 0 Å². The molecule has 0 unspecified atom stereocenters. The summed E-state index contributed by atoms with van der Waals surface area (Å²) in [4.78, 5) is 72.1. The number of nitrogens with zero attached hydrogens (tertiary/aromatic N) is 7. The van der Waals surface area contributed by atoms with Crippen molar-refractivity contribution in [3.05, 3.63) is 69.2 Å². The number of nitrogens with one attached hydrogen (secondary N) is 2. The number of rotatable bonds is 7. The van der Waals surface area contributed by atoms with Crippen LogP contribution in [0.15, 0.2) is 35.5 Å². The quantitative estimate of drug-likeness (QED) is 0.266. The number of hydrogen-bond acceptors (Lipinski definition) is 10. The number of carbonyl (C=O) groups is 3. The number of piperazine rings is 1. The van der Waals surface area contributed by atoms with Crippen molar-refractivity contribution in [3.63, 3.8) is 0 Å². The molecule has 3 N–H and O–H groups in total. The normalized spacial score (nSPS) is 13.5. The van der Waals surface area contributed by atoms with E-state index in [1.54, 1.807) is 18.7 Å². The maximum atomic E-state index is 14.1. The molecular formula is C31H32F3N9O5. The monoisotopic (exact) mass is 667 g/mol. The Hall–Kier alpha value is -5.61.